The van der Waals surface area contributed by atoms with Gasteiger partial charge in [-0.1, -0.05) is 13.5 Å². The minimum Gasteiger partial charge on any atom is -0.435 e. The van der Waals surface area contributed by atoms with Crippen LogP contribution in [0.25, 0.3) is 0 Å². The zero-order valence-corrected chi connectivity index (χ0v) is 9.92. The molecule has 0 aliphatic heterocycles. The largest absolute Gasteiger partial charge is 0.435 e. The Morgan fingerprint density at radius 2 is 2.25 bits per heavy atom. The van der Waals surface area contributed by atoms with E-state index in [1.807, 2.05) is 13.8 Å². The predicted molar refractivity (Wildman–Crippen MR) is 50.9 cm³/mol. The van der Waals surface area contributed by atoms with Crippen molar-refractivity contribution in [2.45, 2.75) is 25.7 Å². The average molecular weight is 188 g/mol. The second kappa shape index (κ2) is 5.11. The molecule has 0 rings (SSSR count). The Kier molecular flexibility index (Phi) is 4.85. The molecule has 0 aromatic carbocycles. The van der Waals surface area contributed by atoms with Crippen molar-refractivity contribution in [3.63, 3.8) is 0 Å². The summed E-state index contributed by atoms with van der Waals surface area (Å²) in [5, 5.41) is 0. The first-order valence-electron chi connectivity index (χ1n) is 4.07. The fourth-order valence-corrected chi connectivity index (χ4v) is 1.25. The van der Waals surface area contributed by atoms with Crippen LogP contribution in [0, 0.1) is 0 Å². The third-order valence-corrected chi connectivity index (χ3v) is 2.77. The smallest absolute Gasteiger partial charge is 0.332 e. The highest BCUT2D eigenvalue weighted by Gasteiger charge is 2.25. The van der Waals surface area contributed by atoms with E-state index in [2.05, 4.69) is 6.58 Å². The lowest BCUT2D eigenvalue weighted by Crippen LogP contribution is -2.37. The van der Waals surface area contributed by atoms with Gasteiger partial charge in [0.1, 0.15) is 0 Å². The molecule has 70 valence electrons. The van der Waals surface area contributed by atoms with Crippen LogP contribution in [0.2, 0.25) is 0 Å². The quantitative estimate of drug-likeness (QED) is 0.267. The molecule has 3 nitrogen and oxygen atoms in total. The van der Waals surface area contributed by atoms with Crippen LogP contribution in [-0.4, -0.2) is 28.2 Å². The van der Waals surface area contributed by atoms with Gasteiger partial charge in [0, 0.05) is 19.1 Å². The molecule has 0 N–H and O–H groups in total. The van der Waals surface area contributed by atoms with Gasteiger partial charge in [0.2, 0.25) is 0 Å². The van der Waals surface area contributed by atoms with E-state index in [-0.39, 0.29) is 0 Å². The molecule has 0 heterocycles. The minimum atomic E-state index is -0.667. The summed E-state index contributed by atoms with van der Waals surface area (Å²) in [5.74, 6) is -0.416. The van der Waals surface area contributed by atoms with Gasteiger partial charge in [-0.25, -0.2) is 4.79 Å². The van der Waals surface area contributed by atoms with Crippen LogP contribution in [0.1, 0.15) is 20.3 Å². The third kappa shape index (κ3) is 3.68. The van der Waals surface area contributed by atoms with Gasteiger partial charge in [-0.2, -0.15) is 0 Å². The van der Waals surface area contributed by atoms with Crippen LogP contribution >= 0.6 is 0 Å². The standard InChI is InChI=1S/C8H16O3Si/c1-4-7(9)11-8(12,5-2)10-6-3/h4H,1,5-6H2,2-3,12H3. The Balaban J connectivity index is 4.12. The van der Waals surface area contributed by atoms with E-state index in [1.165, 1.54) is 0 Å². The summed E-state index contributed by atoms with van der Waals surface area (Å²) < 4.78 is 10.4. The lowest BCUT2D eigenvalue weighted by atomic mass is 10.4. The number of carbonyl (C=O) groups is 1. The molecule has 0 aromatic rings. The molecule has 0 fully saturated rings. The van der Waals surface area contributed by atoms with Gasteiger partial charge in [-0.05, 0) is 6.92 Å². The van der Waals surface area contributed by atoms with Crippen molar-refractivity contribution in [2.24, 2.45) is 0 Å². The summed E-state index contributed by atoms with van der Waals surface area (Å²) in [7, 11) is 0.668. The molecule has 0 bridgehead atoms. The van der Waals surface area contributed by atoms with Crippen molar-refractivity contribution >= 4 is 16.2 Å². The summed E-state index contributed by atoms with van der Waals surface area (Å²) in [6.07, 6.45) is 1.84. The summed E-state index contributed by atoms with van der Waals surface area (Å²) in [5.41, 5.74) is -0.667. The molecule has 0 spiro atoms. The first-order valence-corrected chi connectivity index (χ1v) is 5.07. The van der Waals surface area contributed by atoms with E-state index in [0.29, 0.717) is 23.3 Å². The maximum Gasteiger partial charge on any atom is 0.332 e. The highest BCUT2D eigenvalue weighted by Crippen LogP contribution is 2.13. The van der Waals surface area contributed by atoms with Gasteiger partial charge < -0.3 is 9.47 Å². The number of esters is 1. The normalized spacial score (nSPS) is 15.2. The first-order chi connectivity index (χ1) is 5.58. The van der Waals surface area contributed by atoms with Gasteiger partial charge in [0.05, 0.1) is 10.2 Å². The molecule has 4 heteroatoms. The second-order valence-electron chi connectivity index (χ2n) is 2.55. The predicted octanol–water partition coefficient (Wildman–Crippen LogP) is 0.181. The number of hydrogen-bond acceptors (Lipinski definition) is 3. The average Bonchev–Trinajstić information content (AvgIpc) is 2.05. The molecule has 1 unspecified atom stereocenters. The SMILES string of the molecule is C=CC(=O)OC([SiH3])(CC)OCC. The van der Waals surface area contributed by atoms with E-state index in [1.54, 1.807) is 0 Å². The van der Waals surface area contributed by atoms with Crippen molar-refractivity contribution in [3.8, 4) is 0 Å². The fourth-order valence-electron chi connectivity index (χ4n) is 0.763. The molecule has 0 aliphatic rings. The molecule has 0 aromatic heterocycles. The Bertz CT molecular complexity index is 170. The lowest BCUT2D eigenvalue weighted by molar-refractivity contribution is -0.189. The van der Waals surface area contributed by atoms with Crippen LogP contribution in [0.15, 0.2) is 12.7 Å². The van der Waals surface area contributed by atoms with Crippen molar-refractivity contribution < 1.29 is 14.3 Å². The van der Waals surface area contributed by atoms with Crippen molar-refractivity contribution in [1.29, 1.82) is 0 Å². The molecule has 0 radical (unpaired) electrons. The van der Waals surface area contributed by atoms with E-state index in [4.69, 9.17) is 9.47 Å². The van der Waals surface area contributed by atoms with Crippen molar-refractivity contribution in [2.75, 3.05) is 6.61 Å². The molecule has 0 saturated heterocycles. The Morgan fingerprint density at radius 3 is 2.58 bits per heavy atom. The Labute approximate surface area is 76.2 Å². The number of ether oxygens (including phenoxy) is 2. The molecule has 12 heavy (non-hydrogen) atoms. The van der Waals surface area contributed by atoms with Gasteiger partial charge in [-0.3, -0.25) is 0 Å². The van der Waals surface area contributed by atoms with E-state index < -0.39 is 11.4 Å². The number of hydrogen-bond donors (Lipinski definition) is 0. The van der Waals surface area contributed by atoms with Crippen LogP contribution in [0.4, 0.5) is 0 Å². The molecular weight excluding hydrogens is 172 g/mol. The Morgan fingerprint density at radius 1 is 1.67 bits per heavy atom. The maximum absolute atomic E-state index is 10.9. The molecule has 0 aliphatic carbocycles. The topological polar surface area (TPSA) is 35.5 Å². The summed E-state index contributed by atoms with van der Waals surface area (Å²) >= 11 is 0. The highest BCUT2D eigenvalue weighted by molar-refractivity contribution is 6.14. The molecule has 0 amide bonds. The van der Waals surface area contributed by atoms with E-state index >= 15 is 0 Å². The summed E-state index contributed by atoms with van der Waals surface area (Å²) in [4.78, 5) is 10.9. The number of carbonyl (C=O) groups excluding carboxylic acids is 1. The molecular formula is C8H16O3Si. The Hall–Kier alpha value is -0.613. The van der Waals surface area contributed by atoms with Crippen molar-refractivity contribution in [3.05, 3.63) is 12.7 Å². The van der Waals surface area contributed by atoms with Crippen LogP contribution in [0.3, 0.4) is 0 Å². The van der Waals surface area contributed by atoms with Crippen LogP contribution in [0.5, 0.6) is 0 Å². The highest BCUT2D eigenvalue weighted by atomic mass is 28.1. The van der Waals surface area contributed by atoms with Crippen LogP contribution in [-0.2, 0) is 14.3 Å². The maximum atomic E-state index is 10.9. The summed E-state index contributed by atoms with van der Waals surface area (Å²) in [6, 6.07) is 0. The van der Waals surface area contributed by atoms with E-state index in [0.717, 1.165) is 6.08 Å². The van der Waals surface area contributed by atoms with Gasteiger partial charge in [0.25, 0.3) is 0 Å². The molecule has 0 saturated carbocycles. The monoisotopic (exact) mass is 188 g/mol. The van der Waals surface area contributed by atoms with Gasteiger partial charge >= 0.3 is 5.97 Å². The third-order valence-electron chi connectivity index (χ3n) is 1.58. The first kappa shape index (κ1) is 11.4. The number of rotatable bonds is 5. The zero-order valence-electron chi connectivity index (χ0n) is 7.92. The molecule has 1 atom stereocenters. The van der Waals surface area contributed by atoms with Gasteiger partial charge in [-0.15, -0.1) is 0 Å². The minimum absolute atomic E-state index is 0.416. The fraction of sp³-hybridized carbons (Fsp3) is 0.625. The van der Waals surface area contributed by atoms with Crippen LogP contribution < -0.4 is 0 Å². The zero-order chi connectivity index (χ0) is 9.61. The second-order valence-corrected chi connectivity index (χ2v) is 4.07. The van der Waals surface area contributed by atoms with Crippen molar-refractivity contribution in [1.82, 2.24) is 0 Å². The van der Waals surface area contributed by atoms with E-state index in [9.17, 15) is 4.79 Å². The summed E-state index contributed by atoms with van der Waals surface area (Å²) in [6.45, 7) is 7.69. The van der Waals surface area contributed by atoms with Gasteiger partial charge in [0.15, 0.2) is 5.41 Å². The lowest BCUT2D eigenvalue weighted by Gasteiger charge is -2.27.